The fourth-order valence-electron chi connectivity index (χ4n) is 1.69. The lowest BCUT2D eigenvalue weighted by Crippen LogP contribution is -1.96. The summed E-state index contributed by atoms with van der Waals surface area (Å²) in [6, 6.07) is 12.1. The van der Waals surface area contributed by atoms with E-state index in [4.69, 9.17) is 25.2 Å². The van der Waals surface area contributed by atoms with E-state index in [1.807, 2.05) is 6.07 Å². The van der Waals surface area contributed by atoms with Crippen molar-refractivity contribution in [2.24, 2.45) is 0 Å². The van der Waals surface area contributed by atoms with E-state index in [1.165, 1.54) is 0 Å². The number of nitrogen functional groups attached to an aromatic ring is 1. The molecule has 2 aromatic carbocycles. The van der Waals surface area contributed by atoms with Gasteiger partial charge < -0.3 is 19.9 Å². The van der Waals surface area contributed by atoms with E-state index in [1.54, 1.807) is 50.6 Å². The second-order valence-electron chi connectivity index (χ2n) is 3.98. The Morgan fingerprint density at radius 3 is 2.10 bits per heavy atom. The van der Waals surface area contributed by atoms with E-state index in [0.29, 0.717) is 34.2 Å². The lowest BCUT2D eigenvalue weighted by molar-refractivity contribution is 0.352. The first-order valence-corrected chi connectivity index (χ1v) is 5.87. The molecule has 0 atom stereocenters. The molecule has 0 unspecified atom stereocenters. The van der Waals surface area contributed by atoms with Crippen LogP contribution in [-0.2, 0) is 0 Å². The summed E-state index contributed by atoms with van der Waals surface area (Å²) in [5.41, 5.74) is 6.92. The maximum atomic E-state index is 8.75. The van der Waals surface area contributed by atoms with Gasteiger partial charge in [-0.25, -0.2) is 0 Å². The fraction of sp³-hybridized carbons (Fsp3) is 0.133. The van der Waals surface area contributed by atoms with Crippen LogP contribution in [0.5, 0.6) is 23.0 Å². The Hall–Kier alpha value is -2.87. The van der Waals surface area contributed by atoms with Crippen LogP contribution in [0.3, 0.4) is 0 Å². The highest BCUT2D eigenvalue weighted by atomic mass is 16.5. The van der Waals surface area contributed by atoms with Crippen LogP contribution < -0.4 is 19.9 Å². The second-order valence-corrected chi connectivity index (χ2v) is 3.98. The summed E-state index contributed by atoms with van der Waals surface area (Å²) < 4.78 is 16.0. The number of methoxy groups -OCH3 is 2. The van der Waals surface area contributed by atoms with Crippen LogP contribution in [0.1, 0.15) is 5.56 Å². The maximum absolute atomic E-state index is 8.75. The van der Waals surface area contributed by atoms with Gasteiger partial charge in [0, 0.05) is 12.1 Å². The van der Waals surface area contributed by atoms with Crippen molar-refractivity contribution in [1.82, 2.24) is 0 Å². The van der Waals surface area contributed by atoms with E-state index >= 15 is 0 Å². The normalized spacial score (nSPS) is 9.65. The smallest absolute Gasteiger partial charge is 0.164 e. The van der Waals surface area contributed by atoms with Gasteiger partial charge in [-0.15, -0.1) is 0 Å². The zero-order valence-corrected chi connectivity index (χ0v) is 11.2. The third-order valence-electron chi connectivity index (χ3n) is 2.73. The van der Waals surface area contributed by atoms with E-state index < -0.39 is 0 Å². The number of nitriles is 1. The molecule has 102 valence electrons. The molecule has 20 heavy (non-hydrogen) atoms. The third kappa shape index (κ3) is 2.75. The van der Waals surface area contributed by atoms with Crippen molar-refractivity contribution < 1.29 is 14.2 Å². The minimum atomic E-state index is 0.437. The van der Waals surface area contributed by atoms with Crippen molar-refractivity contribution in [2.45, 2.75) is 0 Å². The lowest BCUT2D eigenvalue weighted by Gasteiger charge is -2.13. The molecular formula is C15H14N2O3. The Morgan fingerprint density at radius 2 is 1.55 bits per heavy atom. The first-order valence-electron chi connectivity index (χ1n) is 5.87. The Labute approximate surface area is 117 Å². The monoisotopic (exact) mass is 270 g/mol. The number of benzene rings is 2. The SMILES string of the molecule is COc1cc(N)c(Oc2ccc(C#N)cc2)cc1OC. The highest BCUT2D eigenvalue weighted by Crippen LogP contribution is 2.38. The number of hydrogen-bond donors (Lipinski definition) is 1. The molecule has 2 N–H and O–H groups in total. The summed E-state index contributed by atoms with van der Waals surface area (Å²) in [5.74, 6) is 2.12. The molecule has 0 aliphatic rings. The molecule has 0 amide bonds. The van der Waals surface area contributed by atoms with Crippen molar-refractivity contribution in [3.63, 3.8) is 0 Å². The summed E-state index contributed by atoms with van der Waals surface area (Å²) >= 11 is 0. The summed E-state index contributed by atoms with van der Waals surface area (Å²) in [7, 11) is 3.08. The summed E-state index contributed by atoms with van der Waals surface area (Å²) in [5, 5.41) is 8.75. The predicted octanol–water partition coefficient (Wildman–Crippen LogP) is 2.95. The van der Waals surface area contributed by atoms with E-state index in [0.717, 1.165) is 0 Å². The number of rotatable bonds is 4. The van der Waals surface area contributed by atoms with Crippen molar-refractivity contribution >= 4 is 5.69 Å². The van der Waals surface area contributed by atoms with E-state index in [9.17, 15) is 0 Å². The summed E-state index contributed by atoms with van der Waals surface area (Å²) in [6.07, 6.45) is 0. The topological polar surface area (TPSA) is 77.5 Å². The number of ether oxygens (including phenoxy) is 3. The molecule has 5 heteroatoms. The molecule has 0 radical (unpaired) electrons. The van der Waals surface area contributed by atoms with Gasteiger partial charge >= 0.3 is 0 Å². The molecule has 0 spiro atoms. The van der Waals surface area contributed by atoms with Crippen molar-refractivity contribution in [2.75, 3.05) is 20.0 Å². The quantitative estimate of drug-likeness (QED) is 0.864. The maximum Gasteiger partial charge on any atom is 0.164 e. The van der Waals surface area contributed by atoms with Gasteiger partial charge in [0.1, 0.15) is 5.75 Å². The Bertz CT molecular complexity index is 645. The van der Waals surface area contributed by atoms with Gasteiger partial charge in [0.15, 0.2) is 17.2 Å². The van der Waals surface area contributed by atoms with Crippen LogP contribution >= 0.6 is 0 Å². The number of nitrogens with zero attached hydrogens (tertiary/aromatic N) is 1. The van der Waals surface area contributed by atoms with Crippen LogP contribution in [0.4, 0.5) is 5.69 Å². The van der Waals surface area contributed by atoms with Gasteiger partial charge in [0.05, 0.1) is 31.5 Å². The van der Waals surface area contributed by atoms with Gasteiger partial charge in [0.25, 0.3) is 0 Å². The van der Waals surface area contributed by atoms with E-state index in [-0.39, 0.29) is 0 Å². The van der Waals surface area contributed by atoms with Gasteiger partial charge in [0.2, 0.25) is 0 Å². The zero-order chi connectivity index (χ0) is 14.5. The minimum absolute atomic E-state index is 0.437. The average Bonchev–Trinajstić information content (AvgIpc) is 2.49. The number of hydrogen-bond acceptors (Lipinski definition) is 5. The molecule has 0 aromatic heterocycles. The molecule has 2 aromatic rings. The third-order valence-corrected chi connectivity index (χ3v) is 2.73. The van der Waals surface area contributed by atoms with Crippen molar-refractivity contribution in [1.29, 1.82) is 5.26 Å². The highest BCUT2D eigenvalue weighted by Gasteiger charge is 2.11. The summed E-state index contributed by atoms with van der Waals surface area (Å²) in [4.78, 5) is 0. The molecule has 0 aliphatic carbocycles. The molecule has 0 saturated heterocycles. The molecule has 0 saturated carbocycles. The van der Waals surface area contributed by atoms with Crippen molar-refractivity contribution in [3.8, 4) is 29.1 Å². The van der Waals surface area contributed by atoms with Gasteiger partial charge in [-0.2, -0.15) is 5.26 Å². The molecule has 5 nitrogen and oxygen atoms in total. The van der Waals surface area contributed by atoms with E-state index in [2.05, 4.69) is 0 Å². The molecule has 0 heterocycles. The average molecular weight is 270 g/mol. The lowest BCUT2D eigenvalue weighted by atomic mass is 10.2. The first-order chi connectivity index (χ1) is 9.67. The second kappa shape index (κ2) is 5.85. The molecule has 0 bridgehead atoms. The van der Waals surface area contributed by atoms with Crippen LogP contribution in [0.15, 0.2) is 36.4 Å². The zero-order valence-electron chi connectivity index (χ0n) is 11.2. The van der Waals surface area contributed by atoms with Crippen LogP contribution in [0.25, 0.3) is 0 Å². The van der Waals surface area contributed by atoms with Crippen molar-refractivity contribution in [3.05, 3.63) is 42.0 Å². The number of anilines is 1. The van der Waals surface area contributed by atoms with Gasteiger partial charge in [-0.3, -0.25) is 0 Å². The van der Waals surface area contributed by atoms with Gasteiger partial charge in [-0.05, 0) is 24.3 Å². The predicted molar refractivity (Wildman–Crippen MR) is 75.2 cm³/mol. The Morgan fingerprint density at radius 1 is 0.950 bits per heavy atom. The minimum Gasteiger partial charge on any atom is -0.493 e. The summed E-state index contributed by atoms with van der Waals surface area (Å²) in [6.45, 7) is 0. The van der Waals surface area contributed by atoms with Crippen LogP contribution in [0, 0.1) is 11.3 Å². The van der Waals surface area contributed by atoms with Gasteiger partial charge in [-0.1, -0.05) is 0 Å². The molecule has 2 rings (SSSR count). The molecule has 0 fully saturated rings. The number of nitrogens with two attached hydrogens (primary N) is 1. The molecule has 0 aliphatic heterocycles. The largest absolute Gasteiger partial charge is 0.493 e. The first kappa shape index (κ1) is 13.6. The Kier molecular flexibility index (Phi) is 3.96. The highest BCUT2D eigenvalue weighted by molar-refractivity contribution is 5.62. The Balaban J connectivity index is 2.30. The fourth-order valence-corrected chi connectivity index (χ4v) is 1.69. The van der Waals surface area contributed by atoms with Crippen LogP contribution in [0.2, 0.25) is 0 Å². The standard InChI is InChI=1S/C15H14N2O3/c1-18-14-7-12(17)13(8-15(14)19-2)20-11-5-3-10(9-16)4-6-11/h3-8H,17H2,1-2H3. The molecular weight excluding hydrogens is 256 g/mol. The van der Waals surface area contributed by atoms with Crippen LogP contribution in [-0.4, -0.2) is 14.2 Å².